The van der Waals surface area contributed by atoms with Crippen LogP contribution in [0.3, 0.4) is 0 Å². The van der Waals surface area contributed by atoms with Crippen LogP contribution >= 0.6 is 24.0 Å². The summed E-state index contributed by atoms with van der Waals surface area (Å²) in [7, 11) is 1.55. The number of carbonyl (C=O) groups excluding carboxylic acids is 1. The minimum atomic E-state index is -0.576. The SMILES string of the molecule is CCOc1c(Cl)cc(CNC(=O)[C@@H](N)C(C)(C)C)cc1OC.Cl. The average molecular weight is 365 g/mol. The van der Waals surface area contributed by atoms with Gasteiger partial charge in [0.05, 0.1) is 24.8 Å². The van der Waals surface area contributed by atoms with Crippen molar-refractivity contribution in [3.63, 3.8) is 0 Å². The summed E-state index contributed by atoms with van der Waals surface area (Å²) in [5.41, 5.74) is 6.45. The van der Waals surface area contributed by atoms with Crippen molar-refractivity contribution in [2.24, 2.45) is 11.1 Å². The Morgan fingerprint density at radius 2 is 2.00 bits per heavy atom. The lowest BCUT2D eigenvalue weighted by molar-refractivity contribution is -0.124. The van der Waals surface area contributed by atoms with Crippen molar-refractivity contribution in [3.8, 4) is 11.5 Å². The zero-order valence-electron chi connectivity index (χ0n) is 14.2. The molecule has 0 saturated carbocycles. The minimum absolute atomic E-state index is 0. The van der Waals surface area contributed by atoms with Crippen molar-refractivity contribution in [1.82, 2.24) is 5.32 Å². The summed E-state index contributed by atoms with van der Waals surface area (Å²) in [4.78, 5) is 12.0. The van der Waals surface area contributed by atoms with Crippen LogP contribution in [0.2, 0.25) is 5.02 Å². The van der Waals surface area contributed by atoms with E-state index in [1.807, 2.05) is 27.7 Å². The maximum atomic E-state index is 12.0. The van der Waals surface area contributed by atoms with E-state index in [-0.39, 0.29) is 23.7 Å². The van der Waals surface area contributed by atoms with Gasteiger partial charge in [0.1, 0.15) is 0 Å². The quantitative estimate of drug-likeness (QED) is 0.812. The van der Waals surface area contributed by atoms with Gasteiger partial charge in [-0.25, -0.2) is 0 Å². The summed E-state index contributed by atoms with van der Waals surface area (Å²) < 4.78 is 10.7. The van der Waals surface area contributed by atoms with Crippen molar-refractivity contribution < 1.29 is 14.3 Å². The van der Waals surface area contributed by atoms with Crippen LogP contribution in [0.5, 0.6) is 11.5 Å². The van der Waals surface area contributed by atoms with Crippen molar-refractivity contribution in [1.29, 1.82) is 0 Å². The molecule has 3 N–H and O–H groups in total. The number of ether oxygens (including phenoxy) is 2. The van der Waals surface area contributed by atoms with Crippen LogP contribution < -0.4 is 20.5 Å². The molecule has 0 radical (unpaired) electrons. The third-order valence-electron chi connectivity index (χ3n) is 3.26. The van der Waals surface area contributed by atoms with Crippen molar-refractivity contribution >= 4 is 29.9 Å². The zero-order valence-corrected chi connectivity index (χ0v) is 15.8. The number of hydrogen-bond donors (Lipinski definition) is 2. The second kappa shape index (κ2) is 9.21. The summed E-state index contributed by atoms with van der Waals surface area (Å²) in [5, 5.41) is 3.27. The Morgan fingerprint density at radius 3 is 2.48 bits per heavy atom. The fraction of sp³-hybridized carbons (Fsp3) is 0.562. The molecule has 1 aromatic carbocycles. The number of rotatable bonds is 6. The molecule has 0 unspecified atom stereocenters. The Kier molecular flexibility index (Phi) is 8.74. The summed E-state index contributed by atoms with van der Waals surface area (Å²) in [6.45, 7) is 8.46. The molecule has 0 bridgehead atoms. The van der Waals surface area contributed by atoms with Gasteiger partial charge in [0.25, 0.3) is 0 Å². The molecule has 0 aromatic heterocycles. The Bertz CT molecular complexity index is 531. The lowest BCUT2D eigenvalue weighted by atomic mass is 9.87. The third kappa shape index (κ3) is 6.09. The van der Waals surface area contributed by atoms with Gasteiger partial charge in [-0.3, -0.25) is 4.79 Å². The van der Waals surface area contributed by atoms with E-state index in [0.717, 1.165) is 5.56 Å². The molecule has 1 atom stereocenters. The predicted octanol–water partition coefficient (Wildman–Crippen LogP) is 3.16. The Balaban J connectivity index is 0.00000484. The number of amides is 1. The van der Waals surface area contributed by atoms with Gasteiger partial charge in [-0.1, -0.05) is 32.4 Å². The maximum Gasteiger partial charge on any atom is 0.237 e. The topological polar surface area (TPSA) is 73.6 Å². The van der Waals surface area contributed by atoms with Crippen molar-refractivity contribution in [3.05, 3.63) is 22.7 Å². The Labute approximate surface area is 149 Å². The van der Waals surface area contributed by atoms with Crippen LogP contribution in [0.25, 0.3) is 0 Å². The number of benzene rings is 1. The van der Waals surface area contributed by atoms with Gasteiger partial charge in [-0.05, 0) is 30.0 Å². The third-order valence-corrected chi connectivity index (χ3v) is 3.54. The summed E-state index contributed by atoms with van der Waals surface area (Å²) >= 11 is 6.20. The van der Waals surface area contributed by atoms with Gasteiger partial charge >= 0.3 is 0 Å². The molecule has 0 saturated heterocycles. The van der Waals surface area contributed by atoms with Gasteiger partial charge in [0.15, 0.2) is 11.5 Å². The monoisotopic (exact) mass is 364 g/mol. The molecule has 23 heavy (non-hydrogen) atoms. The molecule has 132 valence electrons. The maximum absolute atomic E-state index is 12.0. The van der Waals surface area contributed by atoms with E-state index in [4.69, 9.17) is 26.8 Å². The van der Waals surface area contributed by atoms with Crippen LogP contribution in [-0.2, 0) is 11.3 Å². The highest BCUT2D eigenvalue weighted by Gasteiger charge is 2.27. The molecule has 0 fully saturated rings. The average Bonchev–Trinajstić information content (AvgIpc) is 2.45. The standard InChI is InChI=1S/C16H25ClN2O3.ClH/c1-6-22-13-11(17)7-10(8-12(13)21-5)9-19-15(20)14(18)16(2,3)4;/h7-8,14H,6,9,18H2,1-5H3,(H,19,20);1H/t14-;/m1./s1. The van der Waals surface area contributed by atoms with E-state index < -0.39 is 6.04 Å². The van der Waals surface area contributed by atoms with E-state index in [1.54, 1.807) is 19.2 Å². The number of methoxy groups -OCH3 is 1. The molecule has 7 heteroatoms. The van der Waals surface area contributed by atoms with Gasteiger partial charge in [-0.2, -0.15) is 0 Å². The highest BCUT2D eigenvalue weighted by Crippen LogP contribution is 2.36. The van der Waals surface area contributed by atoms with Crippen LogP contribution in [0.15, 0.2) is 12.1 Å². The normalized spacial score (nSPS) is 12.1. The van der Waals surface area contributed by atoms with E-state index in [1.165, 1.54) is 0 Å². The predicted molar refractivity (Wildman–Crippen MR) is 95.7 cm³/mol. The van der Waals surface area contributed by atoms with Gasteiger partial charge < -0.3 is 20.5 Å². The number of carbonyl (C=O) groups is 1. The van der Waals surface area contributed by atoms with Gasteiger partial charge in [-0.15, -0.1) is 12.4 Å². The minimum Gasteiger partial charge on any atom is -0.493 e. The molecule has 1 rings (SSSR count). The summed E-state index contributed by atoms with van der Waals surface area (Å²) in [6, 6.07) is 2.96. The smallest absolute Gasteiger partial charge is 0.237 e. The highest BCUT2D eigenvalue weighted by atomic mass is 35.5. The first-order chi connectivity index (χ1) is 10.2. The zero-order chi connectivity index (χ0) is 16.9. The Morgan fingerprint density at radius 1 is 1.39 bits per heavy atom. The Hall–Kier alpha value is -1.17. The molecule has 1 amide bonds. The molecular formula is C16H26Cl2N2O3. The second-order valence-electron chi connectivity index (χ2n) is 6.10. The highest BCUT2D eigenvalue weighted by molar-refractivity contribution is 6.32. The van der Waals surface area contributed by atoms with Gasteiger partial charge in [0.2, 0.25) is 5.91 Å². The largest absolute Gasteiger partial charge is 0.493 e. The molecule has 5 nitrogen and oxygen atoms in total. The van der Waals surface area contributed by atoms with Crippen LogP contribution in [0.4, 0.5) is 0 Å². The number of hydrogen-bond acceptors (Lipinski definition) is 4. The fourth-order valence-corrected chi connectivity index (χ4v) is 2.14. The fourth-order valence-electron chi connectivity index (χ4n) is 1.85. The lowest BCUT2D eigenvalue weighted by Gasteiger charge is -2.25. The molecule has 0 spiro atoms. The van der Waals surface area contributed by atoms with E-state index >= 15 is 0 Å². The van der Waals surface area contributed by atoms with Crippen LogP contribution in [-0.4, -0.2) is 25.7 Å². The molecule has 0 aliphatic heterocycles. The van der Waals surface area contributed by atoms with Crippen LogP contribution in [0, 0.1) is 5.41 Å². The first kappa shape index (κ1) is 21.8. The van der Waals surface area contributed by atoms with E-state index in [0.29, 0.717) is 29.7 Å². The number of halogens is 2. The lowest BCUT2D eigenvalue weighted by Crippen LogP contribution is -2.48. The molecule has 0 aliphatic carbocycles. The first-order valence-corrected chi connectivity index (χ1v) is 7.61. The second-order valence-corrected chi connectivity index (χ2v) is 6.51. The molecule has 0 heterocycles. The molecule has 0 aliphatic rings. The van der Waals surface area contributed by atoms with Crippen molar-refractivity contribution in [2.45, 2.75) is 40.3 Å². The first-order valence-electron chi connectivity index (χ1n) is 7.23. The molecule has 1 aromatic rings. The van der Waals surface area contributed by atoms with Gasteiger partial charge in [0, 0.05) is 6.54 Å². The van der Waals surface area contributed by atoms with E-state index in [9.17, 15) is 4.79 Å². The number of nitrogens with one attached hydrogen (secondary N) is 1. The summed E-state index contributed by atoms with van der Waals surface area (Å²) in [5.74, 6) is 0.850. The molecular weight excluding hydrogens is 339 g/mol. The summed E-state index contributed by atoms with van der Waals surface area (Å²) in [6.07, 6.45) is 0. The van der Waals surface area contributed by atoms with Crippen molar-refractivity contribution in [2.75, 3.05) is 13.7 Å². The van der Waals surface area contributed by atoms with Crippen LogP contribution in [0.1, 0.15) is 33.3 Å². The number of nitrogens with two attached hydrogens (primary N) is 1. The van der Waals surface area contributed by atoms with E-state index in [2.05, 4.69) is 5.32 Å².